The molecule has 0 unspecified atom stereocenters. The summed E-state index contributed by atoms with van der Waals surface area (Å²) in [5.74, 6) is 2.97. The zero-order chi connectivity index (χ0) is 16.3. The van der Waals surface area contributed by atoms with Crippen LogP contribution in [0.15, 0.2) is 9.95 Å². The van der Waals surface area contributed by atoms with Crippen LogP contribution in [0.3, 0.4) is 0 Å². The highest BCUT2D eigenvalue weighted by molar-refractivity contribution is 7.98. The molecule has 1 saturated carbocycles. The Bertz CT molecular complexity index is 998. The number of hydrogen-bond acceptors (Lipinski definition) is 6. The molecule has 0 atom stereocenters. The Morgan fingerprint density at radius 2 is 2.21 bits per heavy atom. The van der Waals surface area contributed by atoms with Crippen LogP contribution in [0.5, 0.6) is 0 Å². The van der Waals surface area contributed by atoms with Crippen LogP contribution >= 0.6 is 23.1 Å². The van der Waals surface area contributed by atoms with Gasteiger partial charge in [-0.25, -0.2) is 4.98 Å². The predicted octanol–water partition coefficient (Wildman–Crippen LogP) is 2.77. The molecule has 8 heteroatoms. The van der Waals surface area contributed by atoms with Crippen LogP contribution in [0.1, 0.15) is 47.3 Å². The minimum Gasteiger partial charge on any atom is -0.309 e. The lowest BCUT2D eigenvalue weighted by Gasteiger charge is -2.03. The van der Waals surface area contributed by atoms with Crippen LogP contribution in [0.4, 0.5) is 0 Å². The third kappa shape index (κ3) is 2.31. The lowest BCUT2D eigenvalue weighted by atomic mass is 10.2. The first-order valence-electron chi connectivity index (χ1n) is 8.26. The zero-order valence-electron chi connectivity index (χ0n) is 13.3. The summed E-state index contributed by atoms with van der Waals surface area (Å²) in [6.45, 7) is 0. The van der Waals surface area contributed by atoms with Crippen molar-refractivity contribution in [1.82, 2.24) is 24.7 Å². The molecule has 3 aromatic rings. The smallest absolute Gasteiger partial charge is 0.259 e. The number of thiophene rings is 1. The predicted molar refractivity (Wildman–Crippen MR) is 94.8 cm³/mol. The van der Waals surface area contributed by atoms with Crippen molar-refractivity contribution in [3.8, 4) is 0 Å². The van der Waals surface area contributed by atoms with Crippen molar-refractivity contribution in [3.63, 3.8) is 0 Å². The van der Waals surface area contributed by atoms with Crippen molar-refractivity contribution in [1.29, 1.82) is 0 Å². The molecule has 3 aromatic heterocycles. The second-order valence-electron chi connectivity index (χ2n) is 6.51. The van der Waals surface area contributed by atoms with Gasteiger partial charge in [-0.15, -0.1) is 21.5 Å². The van der Waals surface area contributed by atoms with Crippen LogP contribution < -0.4 is 5.56 Å². The molecule has 2 aliphatic carbocycles. The van der Waals surface area contributed by atoms with E-state index in [4.69, 9.17) is 0 Å². The highest BCUT2D eigenvalue weighted by Crippen LogP contribution is 2.39. The van der Waals surface area contributed by atoms with E-state index in [1.807, 2.05) is 7.05 Å². The maximum absolute atomic E-state index is 12.5. The number of thioether (sulfide) groups is 1. The van der Waals surface area contributed by atoms with Gasteiger partial charge < -0.3 is 9.55 Å². The Hall–Kier alpha value is -1.67. The summed E-state index contributed by atoms with van der Waals surface area (Å²) in [6.07, 6.45) is 5.68. The van der Waals surface area contributed by atoms with E-state index < -0.39 is 0 Å². The Balaban J connectivity index is 1.42. The Kier molecular flexibility index (Phi) is 3.31. The topological polar surface area (TPSA) is 76.5 Å². The Morgan fingerprint density at radius 3 is 3.04 bits per heavy atom. The van der Waals surface area contributed by atoms with Gasteiger partial charge in [-0.1, -0.05) is 11.8 Å². The van der Waals surface area contributed by atoms with E-state index in [0.29, 0.717) is 17.5 Å². The quantitative estimate of drug-likeness (QED) is 0.725. The summed E-state index contributed by atoms with van der Waals surface area (Å²) in [5, 5.41) is 10.3. The van der Waals surface area contributed by atoms with E-state index in [9.17, 15) is 4.79 Å². The Labute approximate surface area is 146 Å². The van der Waals surface area contributed by atoms with Gasteiger partial charge in [-0.2, -0.15) is 0 Å². The van der Waals surface area contributed by atoms with E-state index >= 15 is 0 Å². The first-order chi connectivity index (χ1) is 11.7. The van der Waals surface area contributed by atoms with Gasteiger partial charge in [0.1, 0.15) is 16.5 Å². The molecule has 6 nitrogen and oxygen atoms in total. The summed E-state index contributed by atoms with van der Waals surface area (Å²) in [6, 6.07) is 0. The van der Waals surface area contributed by atoms with Gasteiger partial charge in [0.2, 0.25) is 0 Å². The van der Waals surface area contributed by atoms with Crippen molar-refractivity contribution >= 4 is 33.3 Å². The summed E-state index contributed by atoms with van der Waals surface area (Å²) in [4.78, 5) is 22.3. The highest BCUT2D eigenvalue weighted by atomic mass is 32.2. The van der Waals surface area contributed by atoms with Crippen molar-refractivity contribution in [2.75, 3.05) is 0 Å². The minimum atomic E-state index is 0.00614. The fourth-order valence-electron chi connectivity index (χ4n) is 3.40. The molecule has 124 valence electrons. The normalized spacial score (nSPS) is 16.9. The van der Waals surface area contributed by atoms with E-state index in [1.165, 1.54) is 23.3 Å². The van der Waals surface area contributed by atoms with E-state index in [-0.39, 0.29) is 5.56 Å². The first-order valence-corrected chi connectivity index (χ1v) is 10.1. The monoisotopic (exact) mass is 359 g/mol. The molecule has 1 fully saturated rings. The molecule has 1 N–H and O–H groups in total. The third-order valence-corrected chi connectivity index (χ3v) is 6.99. The van der Waals surface area contributed by atoms with Crippen molar-refractivity contribution in [2.45, 2.75) is 48.9 Å². The van der Waals surface area contributed by atoms with Crippen molar-refractivity contribution in [3.05, 3.63) is 32.4 Å². The maximum atomic E-state index is 12.5. The molecule has 0 bridgehead atoms. The van der Waals surface area contributed by atoms with Crippen LogP contribution in [-0.2, 0) is 25.6 Å². The van der Waals surface area contributed by atoms with Gasteiger partial charge >= 0.3 is 0 Å². The summed E-state index contributed by atoms with van der Waals surface area (Å²) in [7, 11) is 2.01. The standard InChI is InChI=1S/C16H17N5OS2/c1-21-13(8-5-6-8)19-20-16(21)23-7-11-17-14(22)12-9-3-2-4-10(9)24-15(12)18-11/h8H,2-7H2,1H3,(H,17,18,22). The highest BCUT2D eigenvalue weighted by Gasteiger charge is 2.29. The molecule has 0 spiro atoms. The average Bonchev–Trinajstić information content (AvgIpc) is 3.02. The summed E-state index contributed by atoms with van der Waals surface area (Å²) >= 11 is 3.26. The second kappa shape index (κ2) is 5.42. The van der Waals surface area contributed by atoms with E-state index in [0.717, 1.165) is 40.5 Å². The molecule has 5 rings (SSSR count). The van der Waals surface area contributed by atoms with Crippen LogP contribution in [0.25, 0.3) is 10.2 Å². The van der Waals surface area contributed by atoms with Gasteiger partial charge in [0.25, 0.3) is 5.56 Å². The lowest BCUT2D eigenvalue weighted by Crippen LogP contribution is -2.11. The van der Waals surface area contributed by atoms with Crippen LogP contribution in [0.2, 0.25) is 0 Å². The molecule has 0 aromatic carbocycles. The maximum Gasteiger partial charge on any atom is 0.259 e. The number of nitrogens with zero attached hydrogens (tertiary/aromatic N) is 4. The largest absolute Gasteiger partial charge is 0.309 e. The van der Waals surface area contributed by atoms with Crippen LogP contribution in [0, 0.1) is 0 Å². The number of aromatic nitrogens is 5. The van der Waals surface area contributed by atoms with Crippen molar-refractivity contribution in [2.24, 2.45) is 7.05 Å². The average molecular weight is 359 g/mol. The van der Waals surface area contributed by atoms with Crippen LogP contribution in [-0.4, -0.2) is 24.7 Å². The van der Waals surface area contributed by atoms with E-state index in [1.54, 1.807) is 23.1 Å². The number of fused-ring (bicyclic) bond motifs is 3. The third-order valence-electron chi connectivity index (χ3n) is 4.77. The number of H-pyrrole nitrogens is 1. The van der Waals surface area contributed by atoms with Gasteiger partial charge in [-0.05, 0) is 37.7 Å². The fourth-order valence-corrected chi connectivity index (χ4v) is 5.47. The molecule has 3 heterocycles. The minimum absolute atomic E-state index is 0.00614. The molecule has 0 saturated heterocycles. The first kappa shape index (κ1) is 14.7. The molecule has 0 radical (unpaired) electrons. The summed E-state index contributed by atoms with van der Waals surface area (Å²) in [5.41, 5.74) is 1.23. The lowest BCUT2D eigenvalue weighted by molar-refractivity contribution is 0.736. The number of rotatable bonds is 4. The summed E-state index contributed by atoms with van der Waals surface area (Å²) < 4.78 is 2.07. The van der Waals surface area contributed by atoms with Gasteiger partial charge in [0, 0.05) is 17.8 Å². The van der Waals surface area contributed by atoms with Gasteiger partial charge in [-0.3, -0.25) is 4.79 Å². The Morgan fingerprint density at radius 1 is 1.33 bits per heavy atom. The molecule has 0 amide bonds. The zero-order valence-corrected chi connectivity index (χ0v) is 15.0. The number of aromatic amines is 1. The second-order valence-corrected chi connectivity index (χ2v) is 8.54. The van der Waals surface area contributed by atoms with Crippen molar-refractivity contribution < 1.29 is 0 Å². The molecule has 24 heavy (non-hydrogen) atoms. The number of nitrogens with one attached hydrogen (secondary N) is 1. The van der Waals surface area contributed by atoms with Gasteiger partial charge in [0.15, 0.2) is 5.16 Å². The number of hydrogen-bond donors (Lipinski definition) is 1. The fraction of sp³-hybridized carbons (Fsp3) is 0.500. The molecule has 0 aliphatic heterocycles. The molecular formula is C16H17N5OS2. The number of aryl methyl sites for hydroxylation is 2. The SMILES string of the molecule is Cn1c(SCc2nc3sc4c(c3c(=O)[nH]2)CCC4)nnc1C1CC1. The van der Waals surface area contributed by atoms with E-state index in [2.05, 4.69) is 24.7 Å². The molecule has 2 aliphatic rings. The van der Waals surface area contributed by atoms with Gasteiger partial charge in [0.05, 0.1) is 11.1 Å². The molecular weight excluding hydrogens is 342 g/mol.